The van der Waals surface area contributed by atoms with Crippen LogP contribution in [-0.2, 0) is 14.3 Å². The molecule has 0 bridgehead atoms. The van der Waals surface area contributed by atoms with Crippen LogP contribution in [0, 0.1) is 5.92 Å². The lowest BCUT2D eigenvalue weighted by molar-refractivity contribution is -0.139. The largest absolute Gasteiger partial charge is 0.375 e. The Morgan fingerprint density at radius 2 is 1.86 bits per heavy atom. The molecule has 0 aromatic heterocycles. The van der Waals surface area contributed by atoms with E-state index < -0.39 is 0 Å². The Kier molecular flexibility index (Phi) is 5.54. The first kappa shape index (κ1) is 16.6. The molecule has 0 aliphatic carbocycles. The van der Waals surface area contributed by atoms with Gasteiger partial charge in [0.05, 0.1) is 4.87 Å². The SMILES string of the molecule is COCC(=O)N1CCC2(CC1)SCCN2C(=O)CC(C)C. The molecule has 0 aromatic carbocycles. The van der Waals surface area contributed by atoms with Crippen molar-refractivity contribution in [1.82, 2.24) is 9.80 Å². The summed E-state index contributed by atoms with van der Waals surface area (Å²) in [5.74, 6) is 1.72. The summed E-state index contributed by atoms with van der Waals surface area (Å²) in [6, 6.07) is 0. The number of carbonyl (C=O) groups excluding carboxylic acids is 2. The Hall–Kier alpha value is -0.750. The molecule has 2 saturated heterocycles. The number of ether oxygens (including phenoxy) is 1. The Balaban J connectivity index is 1.97. The lowest BCUT2D eigenvalue weighted by atomic mass is 10.0. The molecule has 2 aliphatic rings. The summed E-state index contributed by atoms with van der Waals surface area (Å²) in [5, 5.41) is 0. The second-order valence-electron chi connectivity index (χ2n) is 6.25. The lowest BCUT2D eigenvalue weighted by Gasteiger charge is -2.44. The van der Waals surface area contributed by atoms with E-state index in [1.807, 2.05) is 16.7 Å². The summed E-state index contributed by atoms with van der Waals surface area (Å²) >= 11 is 1.89. The van der Waals surface area contributed by atoms with Crippen LogP contribution in [-0.4, -0.2) is 65.6 Å². The molecule has 2 rings (SSSR count). The van der Waals surface area contributed by atoms with Crippen molar-refractivity contribution < 1.29 is 14.3 Å². The van der Waals surface area contributed by atoms with Gasteiger partial charge < -0.3 is 14.5 Å². The van der Waals surface area contributed by atoms with Gasteiger partial charge in [-0.05, 0) is 18.8 Å². The number of hydrogen-bond acceptors (Lipinski definition) is 4. The molecule has 21 heavy (non-hydrogen) atoms. The minimum atomic E-state index is -0.0736. The van der Waals surface area contributed by atoms with Gasteiger partial charge in [-0.3, -0.25) is 9.59 Å². The van der Waals surface area contributed by atoms with Crippen molar-refractivity contribution in [1.29, 1.82) is 0 Å². The number of amides is 2. The van der Waals surface area contributed by atoms with Gasteiger partial charge in [0.2, 0.25) is 11.8 Å². The highest BCUT2D eigenvalue weighted by molar-refractivity contribution is 8.00. The van der Waals surface area contributed by atoms with Crippen LogP contribution in [0.2, 0.25) is 0 Å². The summed E-state index contributed by atoms with van der Waals surface area (Å²) in [4.78, 5) is 28.2. The molecule has 0 N–H and O–H groups in total. The van der Waals surface area contributed by atoms with Crippen LogP contribution in [0.15, 0.2) is 0 Å². The third kappa shape index (κ3) is 3.72. The molecule has 0 unspecified atom stereocenters. The molecule has 0 saturated carbocycles. The summed E-state index contributed by atoms with van der Waals surface area (Å²) in [6.45, 7) is 6.61. The van der Waals surface area contributed by atoms with Crippen molar-refractivity contribution in [2.75, 3.05) is 39.1 Å². The van der Waals surface area contributed by atoms with E-state index in [0.29, 0.717) is 12.3 Å². The van der Waals surface area contributed by atoms with Crippen LogP contribution in [0.5, 0.6) is 0 Å². The van der Waals surface area contributed by atoms with E-state index in [0.717, 1.165) is 38.2 Å². The van der Waals surface area contributed by atoms with Gasteiger partial charge in [0.25, 0.3) is 0 Å². The van der Waals surface area contributed by atoms with Crippen molar-refractivity contribution in [3.05, 3.63) is 0 Å². The maximum absolute atomic E-state index is 12.5. The van der Waals surface area contributed by atoms with E-state index in [4.69, 9.17) is 4.74 Å². The van der Waals surface area contributed by atoms with Gasteiger partial charge in [-0.15, -0.1) is 11.8 Å². The predicted molar refractivity (Wildman–Crippen MR) is 84.0 cm³/mol. The van der Waals surface area contributed by atoms with Gasteiger partial charge in [0, 0.05) is 38.9 Å². The number of methoxy groups -OCH3 is 1. The number of piperidine rings is 1. The van der Waals surface area contributed by atoms with E-state index in [1.54, 1.807) is 7.11 Å². The van der Waals surface area contributed by atoms with Gasteiger partial charge in [-0.1, -0.05) is 13.8 Å². The molecule has 0 atom stereocenters. The standard InChI is InChI=1S/C15H26N2O3S/c1-12(2)10-13(18)17-8-9-21-15(17)4-6-16(7-5-15)14(19)11-20-3/h12H,4-11H2,1-3H3. The first-order chi connectivity index (χ1) is 9.98. The van der Waals surface area contributed by atoms with Crippen molar-refractivity contribution >= 4 is 23.6 Å². The van der Waals surface area contributed by atoms with E-state index in [-0.39, 0.29) is 23.3 Å². The van der Waals surface area contributed by atoms with Crippen LogP contribution in [0.1, 0.15) is 33.1 Å². The van der Waals surface area contributed by atoms with Crippen LogP contribution < -0.4 is 0 Å². The lowest BCUT2D eigenvalue weighted by Crippen LogP contribution is -2.54. The quantitative estimate of drug-likeness (QED) is 0.790. The molecule has 2 heterocycles. The maximum Gasteiger partial charge on any atom is 0.248 e. The average Bonchev–Trinajstić information content (AvgIpc) is 2.82. The number of rotatable bonds is 4. The van der Waals surface area contributed by atoms with Gasteiger partial charge in [-0.2, -0.15) is 0 Å². The highest BCUT2D eigenvalue weighted by atomic mass is 32.2. The topological polar surface area (TPSA) is 49.9 Å². The van der Waals surface area contributed by atoms with Crippen LogP contribution >= 0.6 is 11.8 Å². The Labute approximate surface area is 131 Å². The molecular formula is C15H26N2O3S. The normalized spacial score (nSPS) is 21.3. The van der Waals surface area contributed by atoms with E-state index in [1.165, 1.54) is 0 Å². The first-order valence-corrected chi connectivity index (χ1v) is 8.68. The predicted octanol–water partition coefficient (Wildman–Crippen LogP) is 1.57. The van der Waals surface area contributed by atoms with Crippen molar-refractivity contribution in [3.63, 3.8) is 0 Å². The minimum absolute atomic E-state index is 0.0513. The average molecular weight is 314 g/mol. The molecule has 0 radical (unpaired) electrons. The zero-order valence-corrected chi connectivity index (χ0v) is 14.1. The smallest absolute Gasteiger partial charge is 0.248 e. The highest BCUT2D eigenvalue weighted by Crippen LogP contribution is 2.44. The molecule has 5 nitrogen and oxygen atoms in total. The number of thioether (sulfide) groups is 1. The van der Waals surface area contributed by atoms with Gasteiger partial charge in [0.1, 0.15) is 6.61 Å². The number of hydrogen-bond donors (Lipinski definition) is 0. The van der Waals surface area contributed by atoms with Crippen molar-refractivity contribution in [3.8, 4) is 0 Å². The van der Waals surface area contributed by atoms with Gasteiger partial charge >= 0.3 is 0 Å². The van der Waals surface area contributed by atoms with Crippen LogP contribution in [0.4, 0.5) is 0 Å². The number of likely N-dealkylation sites (tertiary alicyclic amines) is 1. The fraction of sp³-hybridized carbons (Fsp3) is 0.867. The van der Waals surface area contributed by atoms with Crippen LogP contribution in [0.25, 0.3) is 0 Å². The van der Waals surface area contributed by atoms with Crippen molar-refractivity contribution in [2.24, 2.45) is 5.92 Å². The molecular weight excluding hydrogens is 288 g/mol. The Morgan fingerprint density at radius 1 is 1.19 bits per heavy atom. The van der Waals surface area contributed by atoms with E-state index in [9.17, 15) is 9.59 Å². The third-order valence-corrected chi connectivity index (χ3v) is 5.78. The summed E-state index contributed by atoms with van der Waals surface area (Å²) in [7, 11) is 1.54. The summed E-state index contributed by atoms with van der Waals surface area (Å²) < 4.78 is 4.92. The highest BCUT2D eigenvalue weighted by Gasteiger charge is 2.46. The van der Waals surface area contributed by atoms with Crippen molar-refractivity contribution in [2.45, 2.75) is 38.0 Å². The van der Waals surface area contributed by atoms with Crippen LogP contribution in [0.3, 0.4) is 0 Å². The molecule has 6 heteroatoms. The Morgan fingerprint density at radius 3 is 2.43 bits per heavy atom. The monoisotopic (exact) mass is 314 g/mol. The Bertz CT molecular complexity index is 392. The van der Waals surface area contributed by atoms with E-state index in [2.05, 4.69) is 18.7 Å². The minimum Gasteiger partial charge on any atom is -0.375 e. The second-order valence-corrected chi connectivity index (χ2v) is 7.71. The molecule has 120 valence electrons. The third-order valence-electron chi connectivity index (χ3n) is 4.23. The summed E-state index contributed by atoms with van der Waals surface area (Å²) in [5.41, 5.74) is 0. The molecule has 1 spiro atoms. The number of nitrogens with zero attached hydrogens (tertiary/aromatic N) is 2. The fourth-order valence-electron chi connectivity index (χ4n) is 3.15. The van der Waals surface area contributed by atoms with Gasteiger partial charge in [0.15, 0.2) is 0 Å². The molecule has 2 aliphatic heterocycles. The van der Waals surface area contributed by atoms with E-state index >= 15 is 0 Å². The fourth-order valence-corrected chi connectivity index (χ4v) is 4.63. The summed E-state index contributed by atoms with van der Waals surface area (Å²) in [6.07, 6.45) is 2.36. The maximum atomic E-state index is 12.5. The first-order valence-electron chi connectivity index (χ1n) is 7.69. The molecule has 2 fully saturated rings. The molecule has 2 amide bonds. The number of carbonyl (C=O) groups is 2. The zero-order valence-electron chi connectivity index (χ0n) is 13.3. The zero-order chi connectivity index (χ0) is 15.5. The second kappa shape index (κ2) is 7.01. The van der Waals surface area contributed by atoms with Gasteiger partial charge in [-0.25, -0.2) is 0 Å². The molecule has 0 aromatic rings.